The highest BCUT2D eigenvalue weighted by molar-refractivity contribution is 5.49. The lowest BCUT2D eigenvalue weighted by Gasteiger charge is -2.18. The standard InChI is InChI=1S/C15H26N2/c1-10(2)14-7-6-13(8-12(14)5)17-9-15(16)11(3)4/h6-8,10-11,15,17H,9,16H2,1-5H3. The van der Waals surface area contributed by atoms with Crippen LogP contribution in [0.3, 0.4) is 0 Å². The number of nitrogens with two attached hydrogens (primary N) is 1. The van der Waals surface area contributed by atoms with E-state index in [0.717, 1.165) is 6.54 Å². The average molecular weight is 234 g/mol. The lowest BCUT2D eigenvalue weighted by Crippen LogP contribution is -2.33. The molecule has 96 valence electrons. The monoisotopic (exact) mass is 234 g/mol. The molecule has 0 spiro atoms. The minimum Gasteiger partial charge on any atom is -0.383 e. The summed E-state index contributed by atoms with van der Waals surface area (Å²) < 4.78 is 0. The number of hydrogen-bond acceptors (Lipinski definition) is 2. The highest BCUT2D eigenvalue weighted by Gasteiger charge is 2.08. The molecule has 0 saturated heterocycles. The molecule has 0 aromatic heterocycles. The average Bonchev–Trinajstić information content (AvgIpc) is 2.25. The van der Waals surface area contributed by atoms with Crippen molar-refractivity contribution in [3.8, 4) is 0 Å². The molecule has 0 amide bonds. The van der Waals surface area contributed by atoms with Crippen LogP contribution in [0, 0.1) is 12.8 Å². The maximum Gasteiger partial charge on any atom is 0.0343 e. The smallest absolute Gasteiger partial charge is 0.0343 e. The topological polar surface area (TPSA) is 38.0 Å². The quantitative estimate of drug-likeness (QED) is 0.818. The molecular formula is C15H26N2. The third-order valence-electron chi connectivity index (χ3n) is 3.29. The number of hydrogen-bond donors (Lipinski definition) is 2. The Hall–Kier alpha value is -1.02. The molecule has 0 aliphatic rings. The number of nitrogens with one attached hydrogen (secondary N) is 1. The van der Waals surface area contributed by atoms with Gasteiger partial charge in [0.05, 0.1) is 0 Å². The Kier molecular flexibility index (Phi) is 5.01. The Morgan fingerprint density at radius 2 is 1.82 bits per heavy atom. The van der Waals surface area contributed by atoms with E-state index in [2.05, 4.69) is 58.1 Å². The minimum absolute atomic E-state index is 0.208. The predicted octanol–water partition coefficient (Wildman–Crippen LogP) is 3.51. The van der Waals surface area contributed by atoms with Gasteiger partial charge in [-0.2, -0.15) is 0 Å². The first-order valence-corrected chi connectivity index (χ1v) is 6.51. The number of benzene rings is 1. The summed E-state index contributed by atoms with van der Waals surface area (Å²) in [5.41, 5.74) is 9.96. The fraction of sp³-hybridized carbons (Fsp3) is 0.600. The molecule has 0 aliphatic heterocycles. The molecule has 2 nitrogen and oxygen atoms in total. The van der Waals surface area contributed by atoms with Crippen LogP contribution >= 0.6 is 0 Å². The van der Waals surface area contributed by atoms with E-state index in [4.69, 9.17) is 5.73 Å². The molecule has 0 bridgehead atoms. The van der Waals surface area contributed by atoms with Gasteiger partial charge < -0.3 is 11.1 Å². The highest BCUT2D eigenvalue weighted by Crippen LogP contribution is 2.22. The van der Waals surface area contributed by atoms with E-state index in [-0.39, 0.29) is 6.04 Å². The summed E-state index contributed by atoms with van der Waals surface area (Å²) in [5, 5.41) is 3.41. The van der Waals surface area contributed by atoms with Gasteiger partial charge in [-0.25, -0.2) is 0 Å². The van der Waals surface area contributed by atoms with Crippen molar-refractivity contribution < 1.29 is 0 Å². The molecule has 1 aromatic rings. The first kappa shape index (κ1) is 14.0. The second-order valence-corrected chi connectivity index (χ2v) is 5.51. The van der Waals surface area contributed by atoms with Crippen LogP contribution in [0.1, 0.15) is 44.7 Å². The second kappa shape index (κ2) is 6.06. The van der Waals surface area contributed by atoms with Crippen molar-refractivity contribution in [3.05, 3.63) is 29.3 Å². The fourth-order valence-corrected chi connectivity index (χ4v) is 1.90. The van der Waals surface area contributed by atoms with Crippen molar-refractivity contribution in [1.82, 2.24) is 0 Å². The minimum atomic E-state index is 0.208. The zero-order valence-corrected chi connectivity index (χ0v) is 11.7. The van der Waals surface area contributed by atoms with Gasteiger partial charge >= 0.3 is 0 Å². The molecule has 0 aliphatic carbocycles. The van der Waals surface area contributed by atoms with Crippen LogP contribution in [0.25, 0.3) is 0 Å². The van der Waals surface area contributed by atoms with E-state index in [1.54, 1.807) is 0 Å². The van der Waals surface area contributed by atoms with Gasteiger partial charge in [0.15, 0.2) is 0 Å². The van der Waals surface area contributed by atoms with Gasteiger partial charge in [-0.3, -0.25) is 0 Å². The maximum absolute atomic E-state index is 6.02. The zero-order valence-electron chi connectivity index (χ0n) is 11.7. The third kappa shape index (κ3) is 4.04. The molecule has 0 fully saturated rings. The van der Waals surface area contributed by atoms with Crippen molar-refractivity contribution in [3.63, 3.8) is 0 Å². The Morgan fingerprint density at radius 1 is 1.18 bits per heavy atom. The van der Waals surface area contributed by atoms with Gasteiger partial charge in [0.1, 0.15) is 0 Å². The molecule has 1 unspecified atom stereocenters. The van der Waals surface area contributed by atoms with Gasteiger partial charge in [0.25, 0.3) is 0 Å². The predicted molar refractivity (Wildman–Crippen MR) is 76.6 cm³/mol. The summed E-state index contributed by atoms with van der Waals surface area (Å²) in [5.74, 6) is 1.10. The van der Waals surface area contributed by atoms with Crippen LogP contribution in [0.2, 0.25) is 0 Å². The largest absolute Gasteiger partial charge is 0.383 e. The van der Waals surface area contributed by atoms with E-state index in [1.165, 1.54) is 16.8 Å². The molecule has 0 radical (unpaired) electrons. The van der Waals surface area contributed by atoms with Crippen molar-refractivity contribution in [2.75, 3.05) is 11.9 Å². The van der Waals surface area contributed by atoms with Crippen LogP contribution in [0.4, 0.5) is 5.69 Å². The summed E-state index contributed by atoms with van der Waals surface area (Å²) in [6.07, 6.45) is 0. The van der Waals surface area contributed by atoms with Gasteiger partial charge in [-0.05, 0) is 42.0 Å². The van der Waals surface area contributed by atoms with Crippen molar-refractivity contribution in [1.29, 1.82) is 0 Å². The van der Waals surface area contributed by atoms with Gasteiger partial charge in [0.2, 0.25) is 0 Å². The Balaban J connectivity index is 2.65. The molecule has 1 atom stereocenters. The first-order valence-electron chi connectivity index (χ1n) is 6.51. The lowest BCUT2D eigenvalue weighted by atomic mass is 9.97. The van der Waals surface area contributed by atoms with E-state index in [0.29, 0.717) is 11.8 Å². The third-order valence-corrected chi connectivity index (χ3v) is 3.29. The summed E-state index contributed by atoms with van der Waals surface area (Å²) in [6.45, 7) is 11.8. The van der Waals surface area contributed by atoms with Crippen molar-refractivity contribution in [2.45, 2.75) is 46.6 Å². The SMILES string of the molecule is Cc1cc(NCC(N)C(C)C)ccc1C(C)C. The molecule has 1 aromatic carbocycles. The molecule has 1 rings (SSSR count). The Labute approximate surface area is 106 Å². The maximum atomic E-state index is 6.02. The molecule has 0 saturated carbocycles. The van der Waals surface area contributed by atoms with Gasteiger partial charge in [0, 0.05) is 18.3 Å². The second-order valence-electron chi connectivity index (χ2n) is 5.51. The van der Waals surface area contributed by atoms with Crippen LogP contribution in [-0.4, -0.2) is 12.6 Å². The number of aryl methyl sites for hydroxylation is 1. The van der Waals surface area contributed by atoms with E-state index < -0.39 is 0 Å². The number of rotatable bonds is 5. The van der Waals surface area contributed by atoms with Crippen molar-refractivity contribution >= 4 is 5.69 Å². The van der Waals surface area contributed by atoms with E-state index >= 15 is 0 Å². The summed E-state index contributed by atoms with van der Waals surface area (Å²) in [6, 6.07) is 6.78. The molecule has 0 heterocycles. The highest BCUT2D eigenvalue weighted by atomic mass is 14.9. The van der Waals surface area contributed by atoms with Crippen LogP contribution in [0.5, 0.6) is 0 Å². The molecule has 3 N–H and O–H groups in total. The molecule has 17 heavy (non-hydrogen) atoms. The Bertz CT molecular complexity index is 356. The summed E-state index contributed by atoms with van der Waals surface area (Å²) >= 11 is 0. The van der Waals surface area contributed by atoms with Crippen LogP contribution in [-0.2, 0) is 0 Å². The van der Waals surface area contributed by atoms with E-state index in [9.17, 15) is 0 Å². The van der Waals surface area contributed by atoms with Gasteiger partial charge in [-0.15, -0.1) is 0 Å². The van der Waals surface area contributed by atoms with Crippen molar-refractivity contribution in [2.24, 2.45) is 11.7 Å². The fourth-order valence-electron chi connectivity index (χ4n) is 1.90. The van der Waals surface area contributed by atoms with Crippen LogP contribution in [0.15, 0.2) is 18.2 Å². The Morgan fingerprint density at radius 3 is 2.29 bits per heavy atom. The first-order chi connectivity index (χ1) is 7.91. The molecular weight excluding hydrogens is 208 g/mol. The van der Waals surface area contributed by atoms with Gasteiger partial charge in [-0.1, -0.05) is 33.8 Å². The van der Waals surface area contributed by atoms with Crippen LogP contribution < -0.4 is 11.1 Å². The summed E-state index contributed by atoms with van der Waals surface area (Å²) in [4.78, 5) is 0. The number of anilines is 1. The zero-order chi connectivity index (χ0) is 13.0. The normalized spacial score (nSPS) is 13.2. The van der Waals surface area contributed by atoms with E-state index in [1.807, 2.05) is 0 Å². The summed E-state index contributed by atoms with van der Waals surface area (Å²) in [7, 11) is 0. The lowest BCUT2D eigenvalue weighted by molar-refractivity contribution is 0.511. The molecule has 2 heteroatoms.